The van der Waals surface area contributed by atoms with Crippen LogP contribution < -0.4 is 0 Å². The molecule has 0 N–H and O–H groups in total. The first kappa shape index (κ1) is 16.7. The Morgan fingerprint density at radius 1 is 0.958 bits per heavy atom. The van der Waals surface area contributed by atoms with E-state index in [4.69, 9.17) is 4.74 Å². The zero-order valence-electron chi connectivity index (χ0n) is 14.0. The molecule has 1 fully saturated rings. The van der Waals surface area contributed by atoms with Gasteiger partial charge in [-0.1, -0.05) is 37.6 Å². The molecule has 2 aromatic rings. The molecule has 3 heteroatoms. The van der Waals surface area contributed by atoms with Gasteiger partial charge in [-0.25, -0.2) is 9.18 Å². The monoisotopic (exact) mass is 326 g/mol. The highest BCUT2D eigenvalue weighted by Crippen LogP contribution is 2.29. The summed E-state index contributed by atoms with van der Waals surface area (Å²) in [6.07, 6.45) is 5.51. The van der Waals surface area contributed by atoms with E-state index in [1.54, 1.807) is 24.3 Å². The topological polar surface area (TPSA) is 26.3 Å². The number of hydrogen-bond acceptors (Lipinski definition) is 2. The summed E-state index contributed by atoms with van der Waals surface area (Å²) in [7, 11) is 0. The van der Waals surface area contributed by atoms with Crippen molar-refractivity contribution in [3.05, 3.63) is 59.9 Å². The number of esters is 1. The SMILES string of the molecule is CCC1CCC(OC(=O)c2ccc(-c3ccc(F)cc3)cc2)CC1. The summed E-state index contributed by atoms with van der Waals surface area (Å²) in [5.74, 6) is 0.285. The Hall–Kier alpha value is -2.16. The number of carbonyl (C=O) groups excluding carboxylic acids is 1. The van der Waals surface area contributed by atoms with Crippen LogP contribution in [-0.2, 0) is 4.74 Å². The molecule has 0 radical (unpaired) electrons. The average molecular weight is 326 g/mol. The first-order valence-corrected chi connectivity index (χ1v) is 8.72. The van der Waals surface area contributed by atoms with E-state index in [0.717, 1.165) is 42.7 Å². The van der Waals surface area contributed by atoms with Gasteiger partial charge in [-0.15, -0.1) is 0 Å². The molecule has 0 bridgehead atoms. The summed E-state index contributed by atoms with van der Waals surface area (Å²) in [5, 5.41) is 0. The van der Waals surface area contributed by atoms with E-state index < -0.39 is 0 Å². The normalized spacial score (nSPS) is 20.6. The molecule has 0 spiro atoms. The summed E-state index contributed by atoms with van der Waals surface area (Å²) in [5.41, 5.74) is 2.45. The number of carbonyl (C=O) groups is 1. The van der Waals surface area contributed by atoms with E-state index in [2.05, 4.69) is 6.92 Å². The van der Waals surface area contributed by atoms with Crippen LogP contribution >= 0.6 is 0 Å². The smallest absolute Gasteiger partial charge is 0.338 e. The van der Waals surface area contributed by atoms with Crippen molar-refractivity contribution in [2.45, 2.75) is 45.1 Å². The first-order valence-electron chi connectivity index (χ1n) is 8.72. The third-order valence-electron chi connectivity index (χ3n) is 4.94. The fourth-order valence-electron chi connectivity index (χ4n) is 3.32. The van der Waals surface area contributed by atoms with Crippen LogP contribution in [0.3, 0.4) is 0 Å². The van der Waals surface area contributed by atoms with Crippen LogP contribution in [0.5, 0.6) is 0 Å². The number of rotatable bonds is 4. The molecule has 0 atom stereocenters. The van der Waals surface area contributed by atoms with Crippen LogP contribution in [0.4, 0.5) is 4.39 Å². The predicted octanol–water partition coefficient (Wildman–Crippen LogP) is 5.62. The van der Waals surface area contributed by atoms with Gasteiger partial charge >= 0.3 is 5.97 Å². The number of ether oxygens (including phenoxy) is 1. The molecule has 2 nitrogen and oxygen atoms in total. The fourth-order valence-corrected chi connectivity index (χ4v) is 3.32. The third kappa shape index (κ3) is 4.02. The second-order valence-electron chi connectivity index (χ2n) is 6.54. The van der Waals surface area contributed by atoms with Crippen molar-refractivity contribution in [1.82, 2.24) is 0 Å². The van der Waals surface area contributed by atoms with Gasteiger partial charge in [-0.2, -0.15) is 0 Å². The molecule has 1 saturated carbocycles. The van der Waals surface area contributed by atoms with Gasteiger partial charge in [0.1, 0.15) is 11.9 Å². The molecule has 3 rings (SSSR count). The van der Waals surface area contributed by atoms with Crippen LogP contribution in [0.25, 0.3) is 11.1 Å². The van der Waals surface area contributed by atoms with Gasteiger partial charge in [0.25, 0.3) is 0 Å². The minimum absolute atomic E-state index is 0.0528. The highest BCUT2D eigenvalue weighted by atomic mass is 19.1. The summed E-state index contributed by atoms with van der Waals surface area (Å²) < 4.78 is 18.6. The maximum atomic E-state index is 13.0. The van der Waals surface area contributed by atoms with Gasteiger partial charge in [0.2, 0.25) is 0 Å². The minimum Gasteiger partial charge on any atom is -0.459 e. The zero-order valence-corrected chi connectivity index (χ0v) is 14.0. The molecule has 2 aromatic carbocycles. The standard InChI is InChI=1S/C21H23FO2/c1-2-15-3-13-20(14-4-15)24-21(23)18-7-5-16(6-8-18)17-9-11-19(22)12-10-17/h5-12,15,20H,2-4,13-14H2,1H3. The molecule has 1 aliphatic carbocycles. The number of benzene rings is 2. The quantitative estimate of drug-likeness (QED) is 0.682. The second-order valence-corrected chi connectivity index (χ2v) is 6.54. The van der Waals surface area contributed by atoms with Gasteiger partial charge in [0.05, 0.1) is 5.56 Å². The van der Waals surface area contributed by atoms with Crippen LogP contribution in [0.1, 0.15) is 49.4 Å². The Kier molecular flexibility index (Phi) is 5.29. The van der Waals surface area contributed by atoms with Crippen LogP contribution in [0, 0.1) is 11.7 Å². The number of hydrogen-bond donors (Lipinski definition) is 0. The van der Waals surface area contributed by atoms with E-state index in [1.165, 1.54) is 18.6 Å². The minimum atomic E-state index is -0.253. The van der Waals surface area contributed by atoms with Crippen molar-refractivity contribution in [3.8, 4) is 11.1 Å². The average Bonchev–Trinajstić information content (AvgIpc) is 2.63. The Labute approximate surface area is 142 Å². The molecule has 0 aliphatic heterocycles. The predicted molar refractivity (Wildman–Crippen MR) is 93.3 cm³/mol. The molecule has 126 valence electrons. The first-order chi connectivity index (χ1) is 11.7. The molecule has 0 amide bonds. The van der Waals surface area contributed by atoms with Crippen molar-refractivity contribution >= 4 is 5.97 Å². The van der Waals surface area contributed by atoms with Gasteiger partial charge in [-0.05, 0) is 67.0 Å². The Bertz CT molecular complexity index is 668. The zero-order chi connectivity index (χ0) is 16.9. The van der Waals surface area contributed by atoms with Crippen molar-refractivity contribution in [3.63, 3.8) is 0 Å². The molecule has 1 aliphatic rings. The summed E-state index contributed by atoms with van der Waals surface area (Å²) in [6, 6.07) is 13.6. The largest absolute Gasteiger partial charge is 0.459 e. The van der Waals surface area contributed by atoms with Gasteiger partial charge in [0.15, 0.2) is 0 Å². The lowest BCUT2D eigenvalue weighted by atomic mass is 9.86. The Morgan fingerprint density at radius 2 is 1.50 bits per heavy atom. The second kappa shape index (κ2) is 7.61. The summed E-state index contributed by atoms with van der Waals surface area (Å²) in [6.45, 7) is 2.22. The number of halogens is 1. The van der Waals surface area contributed by atoms with Crippen molar-refractivity contribution in [1.29, 1.82) is 0 Å². The molecular weight excluding hydrogens is 303 g/mol. The van der Waals surface area contributed by atoms with Crippen molar-refractivity contribution in [2.75, 3.05) is 0 Å². The van der Waals surface area contributed by atoms with E-state index in [1.807, 2.05) is 12.1 Å². The van der Waals surface area contributed by atoms with E-state index in [-0.39, 0.29) is 17.9 Å². The molecule has 0 unspecified atom stereocenters. The molecule has 24 heavy (non-hydrogen) atoms. The maximum absolute atomic E-state index is 13.0. The summed E-state index contributed by atoms with van der Waals surface area (Å²) in [4.78, 5) is 12.3. The van der Waals surface area contributed by atoms with E-state index in [9.17, 15) is 9.18 Å². The Morgan fingerprint density at radius 3 is 2.04 bits per heavy atom. The highest BCUT2D eigenvalue weighted by Gasteiger charge is 2.23. The fraction of sp³-hybridized carbons (Fsp3) is 0.381. The van der Waals surface area contributed by atoms with E-state index in [0.29, 0.717) is 5.56 Å². The lowest BCUT2D eigenvalue weighted by molar-refractivity contribution is 0.0164. The lowest BCUT2D eigenvalue weighted by Gasteiger charge is -2.27. The van der Waals surface area contributed by atoms with Crippen LogP contribution in [0.2, 0.25) is 0 Å². The van der Waals surface area contributed by atoms with Crippen molar-refractivity contribution < 1.29 is 13.9 Å². The van der Waals surface area contributed by atoms with Gasteiger partial charge < -0.3 is 4.74 Å². The van der Waals surface area contributed by atoms with Gasteiger partial charge in [-0.3, -0.25) is 0 Å². The maximum Gasteiger partial charge on any atom is 0.338 e. The molecule has 0 heterocycles. The van der Waals surface area contributed by atoms with Crippen LogP contribution in [0.15, 0.2) is 48.5 Å². The highest BCUT2D eigenvalue weighted by molar-refractivity contribution is 5.90. The van der Waals surface area contributed by atoms with Crippen LogP contribution in [-0.4, -0.2) is 12.1 Å². The molecule has 0 aromatic heterocycles. The summed E-state index contributed by atoms with van der Waals surface area (Å²) >= 11 is 0. The van der Waals surface area contributed by atoms with Crippen molar-refractivity contribution in [2.24, 2.45) is 5.92 Å². The van der Waals surface area contributed by atoms with E-state index >= 15 is 0 Å². The molecule has 0 saturated heterocycles. The Balaban J connectivity index is 1.61. The van der Waals surface area contributed by atoms with Gasteiger partial charge in [0, 0.05) is 0 Å². The third-order valence-corrected chi connectivity index (χ3v) is 4.94. The molecular formula is C21H23FO2. The lowest BCUT2D eigenvalue weighted by Crippen LogP contribution is -2.24.